The van der Waals surface area contributed by atoms with Crippen LogP contribution in [0.25, 0.3) is 0 Å². The van der Waals surface area contributed by atoms with Crippen LogP contribution in [0.2, 0.25) is 0 Å². The second-order valence-corrected chi connectivity index (χ2v) is 6.97. The Morgan fingerprint density at radius 1 is 1.50 bits per heavy atom. The van der Waals surface area contributed by atoms with Gasteiger partial charge in [-0.25, -0.2) is 0 Å². The standard InChI is InChI=1S/C15H20N2OS2/c1-19-13-7-3-2-6-12(13)17-15(18)14-9-8-11(20-14)5-4-10-16/h8-9,12-13H,2-3,6-7,10,16H2,1H3,(H,17,18). The maximum Gasteiger partial charge on any atom is 0.261 e. The van der Waals surface area contributed by atoms with E-state index in [-0.39, 0.29) is 5.91 Å². The van der Waals surface area contributed by atoms with Crippen LogP contribution < -0.4 is 11.1 Å². The van der Waals surface area contributed by atoms with Crippen molar-refractivity contribution in [3.05, 3.63) is 21.9 Å². The predicted octanol–water partition coefficient (Wildman–Crippen LogP) is 2.46. The van der Waals surface area contributed by atoms with Crippen LogP contribution in [0.15, 0.2) is 12.1 Å². The van der Waals surface area contributed by atoms with Gasteiger partial charge in [-0.05, 0) is 31.2 Å². The van der Waals surface area contributed by atoms with Gasteiger partial charge < -0.3 is 11.1 Å². The second kappa shape index (κ2) is 7.72. The van der Waals surface area contributed by atoms with Crippen LogP contribution in [0.3, 0.4) is 0 Å². The van der Waals surface area contributed by atoms with E-state index in [0.29, 0.717) is 17.8 Å². The summed E-state index contributed by atoms with van der Waals surface area (Å²) in [5, 5.41) is 3.73. The van der Waals surface area contributed by atoms with E-state index in [1.807, 2.05) is 23.9 Å². The normalized spacial score (nSPS) is 21.9. The van der Waals surface area contributed by atoms with Crippen molar-refractivity contribution < 1.29 is 4.79 Å². The highest BCUT2D eigenvalue weighted by molar-refractivity contribution is 7.99. The van der Waals surface area contributed by atoms with Crippen LogP contribution in [0.4, 0.5) is 0 Å². The topological polar surface area (TPSA) is 55.1 Å². The Morgan fingerprint density at radius 3 is 3.05 bits per heavy atom. The molecule has 20 heavy (non-hydrogen) atoms. The quantitative estimate of drug-likeness (QED) is 0.843. The zero-order valence-electron chi connectivity index (χ0n) is 11.6. The van der Waals surface area contributed by atoms with Crippen LogP contribution >= 0.6 is 23.1 Å². The fourth-order valence-electron chi connectivity index (χ4n) is 2.45. The van der Waals surface area contributed by atoms with Gasteiger partial charge in [0.25, 0.3) is 5.91 Å². The molecule has 1 fully saturated rings. The van der Waals surface area contributed by atoms with E-state index < -0.39 is 0 Å². The number of rotatable bonds is 3. The maximum atomic E-state index is 12.3. The molecule has 1 aromatic heterocycles. The Bertz CT molecular complexity index is 515. The molecule has 2 unspecified atom stereocenters. The highest BCUT2D eigenvalue weighted by Gasteiger charge is 2.26. The van der Waals surface area contributed by atoms with E-state index in [1.54, 1.807) is 0 Å². The molecule has 1 saturated carbocycles. The average Bonchev–Trinajstić information content (AvgIpc) is 2.94. The molecular weight excluding hydrogens is 288 g/mol. The lowest BCUT2D eigenvalue weighted by Crippen LogP contribution is -2.43. The third kappa shape index (κ3) is 4.02. The third-order valence-corrected chi connectivity index (χ3v) is 5.63. The fourth-order valence-corrected chi connectivity index (χ4v) is 4.17. The van der Waals surface area contributed by atoms with Crippen molar-refractivity contribution in [3.8, 4) is 11.8 Å². The molecule has 1 heterocycles. The fraction of sp³-hybridized carbons (Fsp3) is 0.533. The summed E-state index contributed by atoms with van der Waals surface area (Å²) in [4.78, 5) is 13.9. The van der Waals surface area contributed by atoms with Crippen LogP contribution in [0.1, 0.15) is 40.2 Å². The van der Waals surface area contributed by atoms with E-state index in [1.165, 1.54) is 30.6 Å². The number of nitrogens with two attached hydrogens (primary N) is 1. The van der Waals surface area contributed by atoms with Gasteiger partial charge >= 0.3 is 0 Å². The number of carbonyl (C=O) groups excluding carboxylic acids is 1. The van der Waals surface area contributed by atoms with Gasteiger partial charge in [-0.1, -0.05) is 24.7 Å². The summed E-state index contributed by atoms with van der Waals surface area (Å²) in [7, 11) is 0. The molecule has 1 amide bonds. The minimum absolute atomic E-state index is 0.0294. The van der Waals surface area contributed by atoms with Crippen molar-refractivity contribution in [2.24, 2.45) is 5.73 Å². The summed E-state index contributed by atoms with van der Waals surface area (Å²) in [6.45, 7) is 0.344. The van der Waals surface area contributed by atoms with Gasteiger partial charge in [0.15, 0.2) is 0 Å². The van der Waals surface area contributed by atoms with Gasteiger partial charge in [0.05, 0.1) is 16.3 Å². The SMILES string of the molecule is CSC1CCCCC1NC(=O)c1ccc(C#CCN)s1. The van der Waals surface area contributed by atoms with Gasteiger partial charge in [0.2, 0.25) is 0 Å². The van der Waals surface area contributed by atoms with E-state index in [9.17, 15) is 4.79 Å². The van der Waals surface area contributed by atoms with Gasteiger partial charge in [0.1, 0.15) is 0 Å². The highest BCUT2D eigenvalue weighted by atomic mass is 32.2. The first-order valence-electron chi connectivity index (χ1n) is 6.87. The van der Waals surface area contributed by atoms with Gasteiger partial charge in [-0.15, -0.1) is 11.3 Å². The summed E-state index contributed by atoms with van der Waals surface area (Å²) < 4.78 is 0. The molecule has 1 aliphatic rings. The van der Waals surface area contributed by atoms with Crippen molar-refractivity contribution in [2.75, 3.05) is 12.8 Å². The van der Waals surface area contributed by atoms with Crippen molar-refractivity contribution in [1.29, 1.82) is 0 Å². The Hall–Kier alpha value is -0.960. The summed E-state index contributed by atoms with van der Waals surface area (Å²) >= 11 is 3.29. The smallest absolute Gasteiger partial charge is 0.261 e. The van der Waals surface area contributed by atoms with Gasteiger partial charge in [-0.3, -0.25) is 4.79 Å². The number of thioether (sulfide) groups is 1. The molecule has 0 aliphatic heterocycles. The summed E-state index contributed by atoms with van der Waals surface area (Å²) in [6.07, 6.45) is 6.89. The molecule has 2 rings (SSSR count). The number of amides is 1. The molecule has 3 N–H and O–H groups in total. The number of thiophene rings is 1. The number of hydrogen-bond donors (Lipinski definition) is 2. The van der Waals surface area contributed by atoms with Crippen LogP contribution in [0.5, 0.6) is 0 Å². The minimum Gasteiger partial charge on any atom is -0.347 e. The molecular formula is C15H20N2OS2. The predicted molar refractivity (Wildman–Crippen MR) is 87.3 cm³/mol. The third-order valence-electron chi connectivity index (χ3n) is 3.47. The summed E-state index contributed by atoms with van der Waals surface area (Å²) in [5.41, 5.74) is 5.35. The zero-order chi connectivity index (χ0) is 14.4. The molecule has 3 nitrogen and oxygen atoms in total. The van der Waals surface area contributed by atoms with E-state index in [0.717, 1.165) is 16.2 Å². The van der Waals surface area contributed by atoms with Crippen LogP contribution in [-0.2, 0) is 0 Å². The zero-order valence-corrected chi connectivity index (χ0v) is 13.3. The largest absolute Gasteiger partial charge is 0.347 e. The average molecular weight is 308 g/mol. The van der Waals surface area contributed by atoms with Crippen molar-refractivity contribution >= 4 is 29.0 Å². The first kappa shape index (κ1) is 15.4. The highest BCUT2D eigenvalue weighted by Crippen LogP contribution is 2.27. The van der Waals surface area contributed by atoms with Crippen molar-refractivity contribution in [2.45, 2.75) is 37.0 Å². The molecule has 5 heteroatoms. The lowest BCUT2D eigenvalue weighted by molar-refractivity contribution is 0.0933. The van der Waals surface area contributed by atoms with Gasteiger partial charge in [-0.2, -0.15) is 11.8 Å². The Morgan fingerprint density at radius 2 is 2.30 bits per heavy atom. The van der Waals surface area contributed by atoms with Crippen LogP contribution in [0, 0.1) is 11.8 Å². The molecule has 1 aliphatic carbocycles. The number of carbonyl (C=O) groups is 1. The Balaban J connectivity index is 1.98. The molecule has 108 valence electrons. The Labute approximate surface area is 128 Å². The maximum absolute atomic E-state index is 12.3. The van der Waals surface area contributed by atoms with E-state index in [4.69, 9.17) is 5.73 Å². The van der Waals surface area contributed by atoms with Crippen molar-refractivity contribution in [3.63, 3.8) is 0 Å². The lowest BCUT2D eigenvalue weighted by atomic mass is 9.95. The molecule has 0 aromatic carbocycles. The summed E-state index contributed by atoms with van der Waals surface area (Å²) in [6, 6.07) is 4.03. The lowest BCUT2D eigenvalue weighted by Gasteiger charge is -2.30. The first-order valence-corrected chi connectivity index (χ1v) is 8.97. The molecule has 1 aromatic rings. The number of hydrogen-bond acceptors (Lipinski definition) is 4. The van der Waals surface area contributed by atoms with Gasteiger partial charge in [0, 0.05) is 11.3 Å². The monoisotopic (exact) mass is 308 g/mol. The minimum atomic E-state index is 0.0294. The van der Waals surface area contributed by atoms with E-state index in [2.05, 4.69) is 23.4 Å². The molecule has 0 bridgehead atoms. The molecule has 0 saturated heterocycles. The number of nitrogens with one attached hydrogen (secondary N) is 1. The molecule has 0 spiro atoms. The van der Waals surface area contributed by atoms with Crippen LogP contribution in [-0.4, -0.2) is 30.0 Å². The molecule has 0 radical (unpaired) electrons. The van der Waals surface area contributed by atoms with Crippen molar-refractivity contribution in [1.82, 2.24) is 5.32 Å². The second-order valence-electron chi connectivity index (χ2n) is 4.81. The first-order chi connectivity index (χ1) is 9.74. The molecule has 2 atom stereocenters. The summed E-state index contributed by atoms with van der Waals surface area (Å²) in [5.74, 6) is 5.80. The Kier molecular flexibility index (Phi) is 5.96. The van der Waals surface area contributed by atoms with E-state index >= 15 is 0 Å².